The van der Waals surface area contributed by atoms with E-state index in [-0.39, 0.29) is 5.69 Å². The molecule has 2 rings (SSSR count). The fraction of sp³-hybridized carbons (Fsp3) is 0.727. The van der Waals surface area contributed by atoms with Crippen molar-refractivity contribution in [1.29, 1.82) is 0 Å². The average Bonchev–Trinajstić information content (AvgIpc) is 2.74. The first-order chi connectivity index (χ1) is 7.72. The lowest BCUT2D eigenvalue weighted by Gasteiger charge is -2.19. The summed E-state index contributed by atoms with van der Waals surface area (Å²) in [5, 5.41) is 17.4. The Morgan fingerprint density at radius 3 is 2.62 bits per heavy atom. The van der Waals surface area contributed by atoms with Crippen molar-refractivity contribution < 1.29 is 9.90 Å². The van der Waals surface area contributed by atoms with Gasteiger partial charge >= 0.3 is 5.97 Å². The van der Waals surface area contributed by atoms with Crippen molar-refractivity contribution in [1.82, 2.24) is 15.0 Å². The molecule has 1 saturated carbocycles. The number of rotatable bonds is 3. The molecular formula is C11H17N3O2. The second kappa shape index (κ2) is 4.63. The van der Waals surface area contributed by atoms with Crippen molar-refractivity contribution in [2.75, 3.05) is 0 Å². The maximum absolute atomic E-state index is 11.1. The van der Waals surface area contributed by atoms with Crippen LogP contribution in [0.25, 0.3) is 0 Å². The van der Waals surface area contributed by atoms with Crippen LogP contribution in [0.15, 0.2) is 0 Å². The number of aromatic nitrogens is 3. The molecule has 0 amide bonds. The molecule has 1 aromatic heterocycles. The number of carboxylic acids is 1. The van der Waals surface area contributed by atoms with E-state index in [2.05, 4.69) is 10.2 Å². The molecule has 0 atom stereocenters. The molecule has 0 unspecified atom stereocenters. The first-order valence-corrected chi connectivity index (χ1v) is 5.90. The number of aromatic carboxylic acids is 1. The van der Waals surface area contributed by atoms with Crippen LogP contribution in [0.3, 0.4) is 0 Å². The van der Waals surface area contributed by atoms with Gasteiger partial charge in [0.05, 0.1) is 6.54 Å². The standard InChI is InChI=1S/C11H17N3O2/c1-2-14-12-9(10(13-14)11(15)16)8-6-4-3-5-7-8/h8H,2-7H2,1H3,(H,15,16). The number of hydrogen-bond acceptors (Lipinski definition) is 3. The van der Waals surface area contributed by atoms with Crippen molar-refractivity contribution in [2.24, 2.45) is 0 Å². The summed E-state index contributed by atoms with van der Waals surface area (Å²) in [5.41, 5.74) is 0.836. The van der Waals surface area contributed by atoms with Crippen LogP contribution in [0.4, 0.5) is 0 Å². The van der Waals surface area contributed by atoms with Crippen molar-refractivity contribution in [2.45, 2.75) is 51.5 Å². The molecule has 1 heterocycles. The monoisotopic (exact) mass is 223 g/mol. The fourth-order valence-electron chi connectivity index (χ4n) is 2.31. The molecule has 0 radical (unpaired) electrons. The summed E-state index contributed by atoms with van der Waals surface area (Å²) in [6.45, 7) is 2.53. The van der Waals surface area contributed by atoms with E-state index in [1.807, 2.05) is 6.92 Å². The van der Waals surface area contributed by atoms with Gasteiger partial charge in [0, 0.05) is 5.92 Å². The fourth-order valence-corrected chi connectivity index (χ4v) is 2.31. The highest BCUT2D eigenvalue weighted by Gasteiger charge is 2.26. The van der Waals surface area contributed by atoms with Gasteiger partial charge in [0.15, 0.2) is 5.69 Å². The Balaban J connectivity index is 2.29. The van der Waals surface area contributed by atoms with Gasteiger partial charge in [-0.3, -0.25) is 0 Å². The van der Waals surface area contributed by atoms with Gasteiger partial charge in [-0.25, -0.2) is 4.79 Å². The van der Waals surface area contributed by atoms with Gasteiger partial charge in [0.1, 0.15) is 5.69 Å². The lowest BCUT2D eigenvalue weighted by Crippen LogP contribution is -2.10. The van der Waals surface area contributed by atoms with Gasteiger partial charge in [-0.15, -0.1) is 5.10 Å². The summed E-state index contributed by atoms with van der Waals surface area (Å²) >= 11 is 0. The number of aryl methyl sites for hydroxylation is 1. The molecule has 1 N–H and O–H groups in total. The van der Waals surface area contributed by atoms with Gasteiger partial charge in [-0.2, -0.15) is 9.90 Å². The van der Waals surface area contributed by atoms with Gasteiger partial charge in [0.25, 0.3) is 0 Å². The third kappa shape index (κ3) is 2.08. The Bertz CT molecular complexity index is 381. The molecule has 0 spiro atoms. The minimum absolute atomic E-state index is 0.147. The van der Waals surface area contributed by atoms with E-state index in [1.165, 1.54) is 24.1 Å². The Morgan fingerprint density at radius 2 is 2.06 bits per heavy atom. The van der Waals surface area contributed by atoms with E-state index in [9.17, 15) is 4.79 Å². The van der Waals surface area contributed by atoms with Crippen molar-refractivity contribution in [3.8, 4) is 0 Å². The van der Waals surface area contributed by atoms with Crippen LogP contribution in [0, 0.1) is 0 Å². The molecule has 0 aromatic carbocycles. The zero-order valence-electron chi connectivity index (χ0n) is 9.52. The molecule has 0 bridgehead atoms. The van der Waals surface area contributed by atoms with E-state index >= 15 is 0 Å². The van der Waals surface area contributed by atoms with E-state index < -0.39 is 5.97 Å². The third-order valence-electron chi connectivity index (χ3n) is 3.16. The van der Waals surface area contributed by atoms with E-state index in [4.69, 9.17) is 5.11 Å². The number of carbonyl (C=O) groups is 1. The smallest absolute Gasteiger partial charge is 0.358 e. The van der Waals surface area contributed by atoms with E-state index in [0.717, 1.165) is 12.8 Å². The average molecular weight is 223 g/mol. The molecular weight excluding hydrogens is 206 g/mol. The van der Waals surface area contributed by atoms with Crippen LogP contribution in [-0.4, -0.2) is 26.1 Å². The quantitative estimate of drug-likeness (QED) is 0.851. The molecule has 1 aliphatic carbocycles. The molecule has 5 heteroatoms. The second-order valence-electron chi connectivity index (χ2n) is 4.26. The highest BCUT2D eigenvalue weighted by Crippen LogP contribution is 2.32. The van der Waals surface area contributed by atoms with Crippen LogP contribution in [0.5, 0.6) is 0 Å². The van der Waals surface area contributed by atoms with Gasteiger partial charge in [-0.1, -0.05) is 19.3 Å². The Kier molecular flexibility index (Phi) is 3.22. The van der Waals surface area contributed by atoms with Gasteiger partial charge in [0.2, 0.25) is 0 Å². The molecule has 1 aromatic rings. The van der Waals surface area contributed by atoms with Crippen molar-refractivity contribution in [3.05, 3.63) is 11.4 Å². The van der Waals surface area contributed by atoms with Crippen LogP contribution >= 0.6 is 0 Å². The maximum atomic E-state index is 11.1. The zero-order valence-corrected chi connectivity index (χ0v) is 9.52. The summed E-state index contributed by atoms with van der Waals surface area (Å²) in [5.74, 6) is -0.666. The SMILES string of the molecule is CCn1nc(C(=O)O)c(C2CCCCC2)n1. The Hall–Kier alpha value is -1.39. The molecule has 1 fully saturated rings. The van der Waals surface area contributed by atoms with Crippen LogP contribution < -0.4 is 0 Å². The van der Waals surface area contributed by atoms with E-state index in [1.54, 1.807) is 0 Å². The number of nitrogens with zero attached hydrogens (tertiary/aromatic N) is 3. The molecule has 1 aliphatic rings. The topological polar surface area (TPSA) is 68.0 Å². The molecule has 16 heavy (non-hydrogen) atoms. The zero-order chi connectivity index (χ0) is 11.5. The summed E-state index contributed by atoms with van der Waals surface area (Å²) < 4.78 is 0. The Morgan fingerprint density at radius 1 is 1.38 bits per heavy atom. The van der Waals surface area contributed by atoms with Crippen LogP contribution in [0.1, 0.15) is 61.1 Å². The molecule has 0 aliphatic heterocycles. The predicted molar refractivity (Wildman–Crippen MR) is 58.5 cm³/mol. The Labute approximate surface area is 94.5 Å². The minimum Gasteiger partial charge on any atom is -0.476 e. The van der Waals surface area contributed by atoms with E-state index in [0.29, 0.717) is 18.2 Å². The summed E-state index contributed by atoms with van der Waals surface area (Å²) in [6.07, 6.45) is 5.68. The predicted octanol–water partition coefficient (Wildman–Crippen LogP) is 2.04. The highest BCUT2D eigenvalue weighted by molar-refractivity contribution is 5.86. The largest absolute Gasteiger partial charge is 0.476 e. The lowest BCUT2D eigenvalue weighted by molar-refractivity contribution is 0.0687. The number of carboxylic acid groups (broad SMARTS) is 1. The molecule has 0 saturated heterocycles. The molecule has 5 nitrogen and oxygen atoms in total. The van der Waals surface area contributed by atoms with Crippen molar-refractivity contribution >= 4 is 5.97 Å². The van der Waals surface area contributed by atoms with Crippen LogP contribution in [0.2, 0.25) is 0 Å². The number of hydrogen-bond donors (Lipinski definition) is 1. The first-order valence-electron chi connectivity index (χ1n) is 5.90. The summed E-state index contributed by atoms with van der Waals surface area (Å²) in [7, 11) is 0. The maximum Gasteiger partial charge on any atom is 0.358 e. The lowest BCUT2D eigenvalue weighted by atomic mass is 9.86. The summed E-state index contributed by atoms with van der Waals surface area (Å²) in [4.78, 5) is 12.6. The molecule has 88 valence electrons. The van der Waals surface area contributed by atoms with Crippen LogP contribution in [-0.2, 0) is 6.54 Å². The normalized spacial score (nSPS) is 17.6. The second-order valence-corrected chi connectivity index (χ2v) is 4.26. The highest BCUT2D eigenvalue weighted by atomic mass is 16.4. The first kappa shape index (κ1) is 11.1. The third-order valence-corrected chi connectivity index (χ3v) is 3.16. The van der Waals surface area contributed by atoms with Gasteiger partial charge < -0.3 is 5.11 Å². The van der Waals surface area contributed by atoms with Gasteiger partial charge in [-0.05, 0) is 19.8 Å². The van der Waals surface area contributed by atoms with Crippen molar-refractivity contribution in [3.63, 3.8) is 0 Å². The minimum atomic E-state index is -0.958. The summed E-state index contributed by atoms with van der Waals surface area (Å²) in [6, 6.07) is 0.